The summed E-state index contributed by atoms with van der Waals surface area (Å²) in [6.07, 6.45) is 0. The maximum Gasteiger partial charge on any atom is -0.0126 e. The molecule has 1 aromatic carbocycles. The minimum Gasteiger partial charge on any atom is -0.0587 e. The van der Waals surface area contributed by atoms with Gasteiger partial charge in [0.25, 0.3) is 0 Å². The molecule has 0 saturated heterocycles. The molecule has 0 nitrogen and oxygen atoms in total. The minimum absolute atomic E-state index is 0.213. The van der Waals surface area contributed by atoms with Crippen molar-refractivity contribution >= 4 is 0 Å². The van der Waals surface area contributed by atoms with Crippen molar-refractivity contribution in [3.05, 3.63) is 35.4 Å². The van der Waals surface area contributed by atoms with Gasteiger partial charge in [0.2, 0.25) is 0 Å². The summed E-state index contributed by atoms with van der Waals surface area (Å²) in [6.45, 7) is 11.1. The first-order valence-corrected chi connectivity index (χ1v) is 4.93. The fourth-order valence-corrected chi connectivity index (χ4v) is 1.28. The smallest absolute Gasteiger partial charge is 0.0126 e. The molecule has 0 saturated carbocycles. The summed E-state index contributed by atoms with van der Waals surface area (Å²) in [5.74, 6) is 0.607. The van der Waals surface area contributed by atoms with E-state index in [0.717, 1.165) is 0 Å². The zero-order valence-corrected chi connectivity index (χ0v) is 9.31. The van der Waals surface area contributed by atoms with Crippen LogP contribution in [0.4, 0.5) is 0 Å². The minimum atomic E-state index is 0.213. The fraction of sp³-hybridized carbons (Fsp3) is 0.538. The van der Waals surface area contributed by atoms with Gasteiger partial charge in [0.05, 0.1) is 0 Å². The molecule has 1 radical (unpaired) electrons. The molecule has 0 N–H and O–H groups in total. The Morgan fingerprint density at radius 3 is 2.31 bits per heavy atom. The molecule has 0 spiro atoms. The van der Waals surface area contributed by atoms with Gasteiger partial charge in [-0.3, -0.25) is 0 Å². The SMILES string of the molecule is CC(C)c1cc[c]c(C(C)(C)C)c1. The third-order valence-electron chi connectivity index (χ3n) is 2.30. The zero-order valence-electron chi connectivity index (χ0n) is 9.31. The molecular formula is C13H19. The van der Waals surface area contributed by atoms with Gasteiger partial charge < -0.3 is 0 Å². The summed E-state index contributed by atoms with van der Waals surface area (Å²) in [5, 5.41) is 0. The van der Waals surface area contributed by atoms with Gasteiger partial charge in [-0.15, -0.1) is 0 Å². The van der Waals surface area contributed by atoms with Crippen LogP contribution < -0.4 is 0 Å². The highest BCUT2D eigenvalue weighted by Gasteiger charge is 2.14. The summed E-state index contributed by atoms with van der Waals surface area (Å²) in [7, 11) is 0. The largest absolute Gasteiger partial charge is 0.0587 e. The zero-order chi connectivity index (χ0) is 10.1. The van der Waals surface area contributed by atoms with Gasteiger partial charge in [-0.05, 0) is 28.5 Å². The monoisotopic (exact) mass is 175 g/mol. The van der Waals surface area contributed by atoms with E-state index in [4.69, 9.17) is 0 Å². The van der Waals surface area contributed by atoms with Crippen LogP contribution in [0.2, 0.25) is 0 Å². The van der Waals surface area contributed by atoms with E-state index < -0.39 is 0 Å². The molecule has 0 aliphatic heterocycles. The topological polar surface area (TPSA) is 0 Å². The van der Waals surface area contributed by atoms with Crippen LogP contribution in [0, 0.1) is 6.07 Å². The molecule has 13 heavy (non-hydrogen) atoms. The van der Waals surface area contributed by atoms with E-state index in [1.165, 1.54) is 11.1 Å². The molecule has 0 bridgehead atoms. The summed E-state index contributed by atoms with van der Waals surface area (Å²) in [5.41, 5.74) is 2.92. The van der Waals surface area contributed by atoms with Crippen molar-refractivity contribution in [2.45, 2.75) is 46.0 Å². The molecule has 0 unspecified atom stereocenters. The molecule has 0 fully saturated rings. The van der Waals surface area contributed by atoms with Gasteiger partial charge >= 0.3 is 0 Å². The van der Waals surface area contributed by atoms with Crippen molar-refractivity contribution in [3.8, 4) is 0 Å². The highest BCUT2D eigenvalue weighted by molar-refractivity contribution is 5.29. The van der Waals surface area contributed by atoms with Crippen molar-refractivity contribution in [1.82, 2.24) is 0 Å². The Kier molecular flexibility index (Phi) is 2.80. The summed E-state index contributed by atoms with van der Waals surface area (Å²) < 4.78 is 0. The standard InChI is InChI=1S/C13H19/c1-10(2)11-7-6-8-12(9-11)13(3,4)5/h6-7,9-10H,1-5H3. The lowest BCUT2D eigenvalue weighted by molar-refractivity contribution is 0.587. The Hall–Kier alpha value is -0.780. The molecular weight excluding hydrogens is 156 g/mol. The average molecular weight is 175 g/mol. The first-order valence-electron chi connectivity index (χ1n) is 4.93. The van der Waals surface area contributed by atoms with E-state index in [-0.39, 0.29) is 5.41 Å². The molecule has 0 atom stereocenters. The second-order valence-electron chi connectivity index (χ2n) is 4.94. The Morgan fingerprint density at radius 2 is 1.85 bits per heavy atom. The summed E-state index contributed by atoms with van der Waals surface area (Å²) >= 11 is 0. The molecule has 0 aliphatic rings. The Morgan fingerprint density at radius 1 is 1.23 bits per heavy atom. The van der Waals surface area contributed by atoms with Gasteiger partial charge in [0.15, 0.2) is 0 Å². The fourth-order valence-electron chi connectivity index (χ4n) is 1.28. The molecule has 1 aromatic rings. The van der Waals surface area contributed by atoms with E-state index in [9.17, 15) is 0 Å². The highest BCUT2D eigenvalue weighted by Crippen LogP contribution is 2.24. The van der Waals surface area contributed by atoms with Gasteiger partial charge in [-0.1, -0.05) is 52.8 Å². The second-order valence-corrected chi connectivity index (χ2v) is 4.94. The average Bonchev–Trinajstić information content (AvgIpc) is 2.03. The van der Waals surface area contributed by atoms with Crippen molar-refractivity contribution in [1.29, 1.82) is 0 Å². The third kappa shape index (κ3) is 2.58. The van der Waals surface area contributed by atoms with Crippen LogP contribution in [0.3, 0.4) is 0 Å². The number of rotatable bonds is 1. The predicted molar refractivity (Wildman–Crippen MR) is 58.1 cm³/mol. The van der Waals surface area contributed by atoms with Gasteiger partial charge in [-0.25, -0.2) is 0 Å². The lowest BCUT2D eigenvalue weighted by Crippen LogP contribution is -2.11. The predicted octanol–water partition coefficient (Wildman–Crippen LogP) is 3.91. The van der Waals surface area contributed by atoms with Gasteiger partial charge in [0.1, 0.15) is 0 Å². The molecule has 0 aromatic heterocycles. The van der Waals surface area contributed by atoms with Crippen LogP contribution in [0.5, 0.6) is 0 Å². The molecule has 0 heteroatoms. The van der Waals surface area contributed by atoms with E-state index >= 15 is 0 Å². The molecule has 1 rings (SSSR count). The lowest BCUT2D eigenvalue weighted by atomic mass is 9.85. The van der Waals surface area contributed by atoms with Gasteiger partial charge in [-0.2, -0.15) is 0 Å². The first-order chi connectivity index (χ1) is 5.91. The van der Waals surface area contributed by atoms with E-state index in [2.05, 4.69) is 52.8 Å². The van der Waals surface area contributed by atoms with Crippen LogP contribution in [-0.4, -0.2) is 0 Å². The normalized spacial score (nSPS) is 12.2. The molecule has 0 amide bonds. The number of benzene rings is 1. The second kappa shape index (κ2) is 3.53. The van der Waals surface area contributed by atoms with Crippen LogP contribution in [0.1, 0.15) is 51.7 Å². The highest BCUT2D eigenvalue weighted by atomic mass is 14.2. The molecule has 0 heterocycles. The summed E-state index contributed by atoms with van der Waals surface area (Å²) in [4.78, 5) is 0. The molecule has 0 aliphatic carbocycles. The number of hydrogen-bond donors (Lipinski definition) is 0. The third-order valence-corrected chi connectivity index (χ3v) is 2.30. The van der Waals surface area contributed by atoms with Crippen molar-refractivity contribution in [2.75, 3.05) is 0 Å². The Bertz CT molecular complexity index is 276. The van der Waals surface area contributed by atoms with Crippen molar-refractivity contribution in [2.24, 2.45) is 0 Å². The summed E-state index contributed by atoms with van der Waals surface area (Å²) in [6, 6.07) is 9.76. The van der Waals surface area contributed by atoms with Crippen LogP contribution in [-0.2, 0) is 5.41 Å². The maximum atomic E-state index is 3.30. The maximum absolute atomic E-state index is 3.30. The number of hydrogen-bond acceptors (Lipinski definition) is 0. The lowest BCUT2D eigenvalue weighted by Gasteiger charge is -2.20. The van der Waals surface area contributed by atoms with Crippen LogP contribution >= 0.6 is 0 Å². The Labute approximate surface area is 82.0 Å². The van der Waals surface area contributed by atoms with Gasteiger partial charge in [0, 0.05) is 0 Å². The Balaban J connectivity index is 3.06. The first kappa shape index (κ1) is 10.3. The van der Waals surface area contributed by atoms with E-state index in [1.54, 1.807) is 0 Å². The quantitative estimate of drug-likeness (QED) is 0.607. The van der Waals surface area contributed by atoms with E-state index in [0.29, 0.717) is 5.92 Å². The molecule has 71 valence electrons. The van der Waals surface area contributed by atoms with Crippen LogP contribution in [0.15, 0.2) is 18.2 Å². The van der Waals surface area contributed by atoms with E-state index in [1.807, 2.05) is 6.07 Å². The van der Waals surface area contributed by atoms with Crippen molar-refractivity contribution in [3.63, 3.8) is 0 Å². The van der Waals surface area contributed by atoms with Crippen molar-refractivity contribution < 1.29 is 0 Å². The van der Waals surface area contributed by atoms with Crippen LogP contribution in [0.25, 0.3) is 0 Å².